The van der Waals surface area contributed by atoms with Gasteiger partial charge < -0.3 is 54.2 Å². The Kier molecular flexibility index (Phi) is 46.1. The Labute approximate surface area is 145 Å². The van der Waals surface area contributed by atoms with Gasteiger partial charge in [-0.25, -0.2) is 0 Å². The molecule has 100 valence electrons. The fraction of sp³-hybridized carbons (Fsp3) is 0.800. The molecule has 0 aliphatic heterocycles. The van der Waals surface area contributed by atoms with Crippen LogP contribution in [0.15, 0.2) is 0 Å². The number of rotatable bonds is 4. The summed E-state index contributed by atoms with van der Waals surface area (Å²) < 4.78 is 0. The minimum absolute atomic E-state index is 0. The molecule has 0 aromatic carbocycles. The molecule has 0 radical (unpaired) electrons. The third-order valence-corrected chi connectivity index (χ3v) is 1.27. The van der Waals surface area contributed by atoms with Crippen LogP contribution in [0, 0.1) is 0 Å². The van der Waals surface area contributed by atoms with E-state index in [0.717, 1.165) is 0 Å². The summed E-state index contributed by atoms with van der Waals surface area (Å²) in [5, 5.41) is 7.21. The van der Waals surface area contributed by atoms with Gasteiger partial charge in [0.05, 0.1) is 11.8 Å². The third-order valence-electron chi connectivity index (χ3n) is 1.27. The smallest absolute Gasteiger partial charge is 1.00 e. The molecule has 0 atom stereocenters. The van der Waals surface area contributed by atoms with Crippen LogP contribution in [0.1, 0.15) is 40.5 Å². The van der Waals surface area contributed by atoms with Gasteiger partial charge in [0.1, 0.15) is 0 Å². The van der Waals surface area contributed by atoms with E-state index in [0.29, 0.717) is 25.9 Å². The standard InChI is InChI=1S/2C5H11NO.2BrH.Zr/c2*1-3-5(7)6-4-2;;;/h2*3-4H2,1-2H3,(H,6,7);2*1H;/q;;;;+4/p-4. The van der Waals surface area contributed by atoms with E-state index >= 15 is 0 Å². The summed E-state index contributed by atoms with van der Waals surface area (Å²) >= 11 is 0. The molecule has 0 heterocycles. The quantitative estimate of drug-likeness (QED) is 0.449. The molecule has 7 heteroatoms. The van der Waals surface area contributed by atoms with Crippen molar-refractivity contribution in [2.45, 2.75) is 40.5 Å². The minimum atomic E-state index is 0. The maximum atomic E-state index is 10.2. The summed E-state index contributed by atoms with van der Waals surface area (Å²) in [6, 6.07) is 0. The van der Waals surface area contributed by atoms with Crippen molar-refractivity contribution in [3.05, 3.63) is 10.6 Å². The van der Waals surface area contributed by atoms with Gasteiger partial charge in [-0.05, 0) is 12.8 Å². The molecule has 0 aromatic heterocycles. The maximum absolute atomic E-state index is 10.2. The van der Waals surface area contributed by atoms with Gasteiger partial charge in [-0.2, -0.15) is 0 Å². The zero-order chi connectivity index (χ0) is 11.4. The van der Waals surface area contributed by atoms with E-state index in [1.807, 2.05) is 27.7 Å². The van der Waals surface area contributed by atoms with Crippen molar-refractivity contribution in [3.8, 4) is 0 Å². The first-order chi connectivity index (χ1) is 6.62. The summed E-state index contributed by atoms with van der Waals surface area (Å²) in [7, 11) is 0. The Hall–Kier alpha value is 0.783. The van der Waals surface area contributed by atoms with E-state index in [-0.39, 0.29) is 72.0 Å². The summed E-state index contributed by atoms with van der Waals surface area (Å²) in [6.45, 7) is 8.56. The van der Waals surface area contributed by atoms with Gasteiger partial charge >= 0.3 is 26.2 Å². The molecule has 0 rings (SSSR count). The van der Waals surface area contributed by atoms with E-state index in [1.165, 1.54) is 0 Å². The van der Waals surface area contributed by atoms with Crippen LogP contribution in [-0.4, -0.2) is 24.9 Å². The molecule has 0 aliphatic rings. The second-order valence-corrected chi connectivity index (χ2v) is 2.44. The summed E-state index contributed by atoms with van der Waals surface area (Å²) in [5.74, 6) is 0.00463. The number of carbonyl (C=O) groups is 2. The first-order valence-corrected chi connectivity index (χ1v) is 5.02. The Balaban J connectivity index is -0.0000000480. The van der Waals surface area contributed by atoms with Gasteiger partial charge in [0.2, 0.25) is 0 Å². The van der Waals surface area contributed by atoms with Crippen LogP contribution in [0.25, 0.3) is 10.6 Å². The zero-order valence-corrected chi connectivity index (χ0v) is 16.4. The fourth-order valence-electron chi connectivity index (χ4n) is 0.576. The Morgan fingerprint density at radius 1 is 0.765 bits per heavy atom. The van der Waals surface area contributed by atoms with Crippen LogP contribution >= 0.6 is 0 Å². The Morgan fingerprint density at radius 2 is 1.00 bits per heavy atom. The van der Waals surface area contributed by atoms with Gasteiger partial charge in [-0.15, -0.1) is 13.1 Å². The van der Waals surface area contributed by atoms with E-state index in [1.54, 1.807) is 0 Å². The molecule has 4 nitrogen and oxygen atoms in total. The van der Waals surface area contributed by atoms with Crippen LogP contribution < -0.4 is 34.0 Å². The van der Waals surface area contributed by atoms with Gasteiger partial charge in [-0.3, -0.25) is 0 Å². The number of halogens is 2. The number of hydrogen-bond acceptors (Lipinski definition) is 2. The molecule has 0 saturated carbocycles. The van der Waals surface area contributed by atoms with Gasteiger partial charge in [-0.1, -0.05) is 27.7 Å². The van der Waals surface area contributed by atoms with Crippen molar-refractivity contribution in [2.24, 2.45) is 0 Å². The van der Waals surface area contributed by atoms with Crippen LogP contribution in [-0.2, 0) is 35.8 Å². The average Bonchev–Trinajstić information content (AvgIpc) is 2.19. The first-order valence-electron chi connectivity index (χ1n) is 5.02. The van der Waals surface area contributed by atoms with Crippen molar-refractivity contribution in [3.63, 3.8) is 0 Å². The second-order valence-electron chi connectivity index (χ2n) is 2.44. The van der Waals surface area contributed by atoms with Crippen LogP contribution in [0.3, 0.4) is 0 Å². The van der Waals surface area contributed by atoms with Crippen molar-refractivity contribution < 1.29 is 69.8 Å². The molecule has 0 unspecified atom stereocenters. The van der Waals surface area contributed by atoms with Gasteiger partial charge in [0.25, 0.3) is 0 Å². The van der Waals surface area contributed by atoms with E-state index < -0.39 is 0 Å². The predicted octanol–water partition coefficient (Wildman–Crippen LogP) is -3.36. The zero-order valence-electron chi connectivity index (χ0n) is 10.8. The number of amides is 2. The Bertz CT molecular complexity index is 154. The van der Waals surface area contributed by atoms with Crippen molar-refractivity contribution >= 4 is 11.8 Å². The summed E-state index contributed by atoms with van der Waals surface area (Å²) in [6.07, 6.45) is 1.07. The monoisotopic (exact) mass is 448 g/mol. The number of nitrogens with zero attached hydrogens (tertiary/aromatic N) is 2. The van der Waals surface area contributed by atoms with Crippen LogP contribution in [0.4, 0.5) is 0 Å². The SMILES string of the molecule is CC[N-]C(=O)CC.CC[N-]C(=O)CC.[Br-].[Br-].[Zr+4]. The van der Waals surface area contributed by atoms with E-state index in [4.69, 9.17) is 0 Å². The third kappa shape index (κ3) is 31.5. The minimum Gasteiger partial charge on any atom is -1.00 e. The topological polar surface area (TPSA) is 62.3 Å². The molecule has 0 bridgehead atoms. The van der Waals surface area contributed by atoms with Crippen LogP contribution in [0.5, 0.6) is 0 Å². The van der Waals surface area contributed by atoms with Crippen molar-refractivity contribution in [1.82, 2.24) is 0 Å². The normalized spacial score (nSPS) is 6.82. The molecule has 17 heavy (non-hydrogen) atoms. The van der Waals surface area contributed by atoms with E-state index in [9.17, 15) is 9.59 Å². The Morgan fingerprint density at radius 3 is 1.06 bits per heavy atom. The molecular formula is C10H20Br2N2O2Zr. The molecule has 0 saturated heterocycles. The fourth-order valence-corrected chi connectivity index (χ4v) is 0.576. The van der Waals surface area contributed by atoms with Gasteiger partial charge in [0, 0.05) is 0 Å². The predicted molar refractivity (Wildman–Crippen MR) is 58.4 cm³/mol. The number of carbonyl (C=O) groups excluding carboxylic acids is 2. The van der Waals surface area contributed by atoms with Crippen molar-refractivity contribution in [1.29, 1.82) is 0 Å². The first kappa shape index (κ1) is 30.7. The molecule has 0 fully saturated rings. The summed E-state index contributed by atoms with van der Waals surface area (Å²) in [4.78, 5) is 20.5. The molecule has 0 aromatic rings. The molecule has 0 spiro atoms. The summed E-state index contributed by atoms with van der Waals surface area (Å²) in [5.41, 5.74) is 0. The largest absolute Gasteiger partial charge is 4.00 e. The maximum Gasteiger partial charge on any atom is 4.00 e. The molecule has 2 amide bonds. The molecule has 0 N–H and O–H groups in total. The van der Waals surface area contributed by atoms with Crippen molar-refractivity contribution in [2.75, 3.05) is 13.1 Å². The van der Waals surface area contributed by atoms with Gasteiger partial charge in [0.15, 0.2) is 0 Å². The number of hydrogen-bond donors (Lipinski definition) is 0. The van der Waals surface area contributed by atoms with Crippen LogP contribution in [0.2, 0.25) is 0 Å². The molecule has 0 aliphatic carbocycles. The molecular weight excluding hydrogens is 431 g/mol. The average molecular weight is 451 g/mol. The second kappa shape index (κ2) is 25.6. The van der Waals surface area contributed by atoms with E-state index in [2.05, 4.69) is 10.6 Å².